The summed E-state index contributed by atoms with van der Waals surface area (Å²) in [5.74, 6) is 0.963. The molecule has 0 radical (unpaired) electrons. The van der Waals surface area contributed by atoms with E-state index in [0.29, 0.717) is 18.2 Å². The van der Waals surface area contributed by atoms with E-state index in [9.17, 15) is 5.11 Å². The van der Waals surface area contributed by atoms with Gasteiger partial charge in [-0.3, -0.25) is 4.90 Å². The molecule has 0 bridgehead atoms. The molecular formula is C19H26ClN3O. The molecule has 0 aliphatic carbocycles. The van der Waals surface area contributed by atoms with Crippen molar-refractivity contribution in [3.63, 3.8) is 0 Å². The lowest BCUT2D eigenvalue weighted by molar-refractivity contribution is 0.0446. The van der Waals surface area contributed by atoms with Crippen LogP contribution >= 0.6 is 11.6 Å². The van der Waals surface area contributed by atoms with E-state index in [-0.39, 0.29) is 0 Å². The van der Waals surface area contributed by atoms with Crippen molar-refractivity contribution in [3.8, 4) is 0 Å². The molecule has 2 N–H and O–H groups in total. The normalized spacial score (nSPS) is 21.5. The Balaban J connectivity index is 1.68. The number of nitrogens with one attached hydrogen (secondary N) is 1. The second kappa shape index (κ2) is 7.26. The topological polar surface area (TPSA) is 52.1 Å². The quantitative estimate of drug-likeness (QED) is 0.835. The maximum atomic E-state index is 11.1. The van der Waals surface area contributed by atoms with E-state index in [0.717, 1.165) is 54.9 Å². The maximum Gasteiger partial charge on any atom is 0.151 e. The average molecular weight is 348 g/mol. The van der Waals surface area contributed by atoms with Crippen molar-refractivity contribution >= 4 is 11.6 Å². The van der Waals surface area contributed by atoms with Crippen LogP contribution in [-0.2, 0) is 18.6 Å². The van der Waals surface area contributed by atoms with Crippen LogP contribution in [0.3, 0.4) is 0 Å². The van der Waals surface area contributed by atoms with Gasteiger partial charge in [-0.25, -0.2) is 4.98 Å². The largest absolute Gasteiger partial charge is 0.384 e. The molecule has 2 heterocycles. The summed E-state index contributed by atoms with van der Waals surface area (Å²) in [5.41, 5.74) is 2.36. The van der Waals surface area contributed by atoms with Crippen molar-refractivity contribution in [2.24, 2.45) is 0 Å². The van der Waals surface area contributed by atoms with Crippen molar-refractivity contribution in [1.82, 2.24) is 14.9 Å². The lowest BCUT2D eigenvalue weighted by Gasteiger charge is -2.25. The molecule has 130 valence electrons. The van der Waals surface area contributed by atoms with Gasteiger partial charge in [0.25, 0.3) is 0 Å². The fourth-order valence-electron chi connectivity index (χ4n) is 3.55. The molecule has 1 aromatic heterocycles. The van der Waals surface area contributed by atoms with Gasteiger partial charge in [-0.1, -0.05) is 49.2 Å². The van der Waals surface area contributed by atoms with Gasteiger partial charge < -0.3 is 10.1 Å². The number of unbranched alkanes of at least 4 members (excludes halogenated alkanes) is 1. The third-order valence-electron chi connectivity index (χ3n) is 4.90. The highest BCUT2D eigenvalue weighted by molar-refractivity contribution is 6.30. The number of aryl methyl sites for hydroxylation is 2. The Labute approximate surface area is 148 Å². The number of β-amino-alcohol motifs (C(OH)–C–C–N with tert-alkyl or cyclic N) is 1. The summed E-state index contributed by atoms with van der Waals surface area (Å²) in [6.07, 6.45) is 3.93. The van der Waals surface area contributed by atoms with Crippen LogP contribution in [0.15, 0.2) is 24.3 Å². The summed E-state index contributed by atoms with van der Waals surface area (Å²) in [5, 5.41) is 11.6. The molecule has 0 amide bonds. The van der Waals surface area contributed by atoms with Crippen LogP contribution < -0.4 is 0 Å². The van der Waals surface area contributed by atoms with E-state index in [4.69, 9.17) is 11.6 Å². The van der Waals surface area contributed by atoms with Gasteiger partial charge in [0.05, 0.1) is 5.69 Å². The molecule has 1 aromatic carbocycles. The van der Waals surface area contributed by atoms with E-state index in [2.05, 4.69) is 34.8 Å². The number of aromatic amines is 1. The zero-order chi connectivity index (χ0) is 17.2. The van der Waals surface area contributed by atoms with Crippen LogP contribution in [0.2, 0.25) is 5.15 Å². The lowest BCUT2D eigenvalue weighted by atomic mass is 9.89. The van der Waals surface area contributed by atoms with Gasteiger partial charge in [0, 0.05) is 26.1 Å². The number of aliphatic hydroxyl groups is 1. The van der Waals surface area contributed by atoms with E-state index < -0.39 is 5.60 Å². The molecule has 0 saturated carbocycles. The van der Waals surface area contributed by atoms with E-state index >= 15 is 0 Å². The van der Waals surface area contributed by atoms with Crippen molar-refractivity contribution in [2.45, 2.75) is 51.7 Å². The Morgan fingerprint density at radius 1 is 1.38 bits per heavy atom. The molecule has 1 saturated heterocycles. The Bertz CT molecular complexity index is 700. The SMILES string of the molecule is CCCCc1nc(Cl)c(CN2CCC(O)(c3ccccc3C)C2)[nH]1. The first-order valence-corrected chi connectivity index (χ1v) is 9.14. The standard InChI is InChI=1S/C19H26ClN3O/c1-3-4-9-17-21-16(18(20)22-17)12-23-11-10-19(24,13-23)15-8-6-5-7-14(15)2/h5-8,24H,3-4,9-13H2,1-2H3,(H,21,22). The van der Waals surface area contributed by atoms with Crippen molar-refractivity contribution in [3.05, 3.63) is 52.1 Å². The number of hydrogen-bond acceptors (Lipinski definition) is 3. The number of benzene rings is 1. The molecule has 3 rings (SSSR count). The second-order valence-electron chi connectivity index (χ2n) is 6.86. The van der Waals surface area contributed by atoms with Crippen LogP contribution in [0, 0.1) is 6.92 Å². The number of halogens is 1. The van der Waals surface area contributed by atoms with Crippen molar-refractivity contribution in [1.29, 1.82) is 0 Å². The summed E-state index contributed by atoms with van der Waals surface area (Å²) in [7, 11) is 0. The van der Waals surface area contributed by atoms with Gasteiger partial charge in [-0.2, -0.15) is 0 Å². The number of aromatic nitrogens is 2. The summed E-state index contributed by atoms with van der Waals surface area (Å²) in [4.78, 5) is 10.0. The monoisotopic (exact) mass is 347 g/mol. The van der Waals surface area contributed by atoms with Crippen LogP contribution in [0.1, 0.15) is 48.8 Å². The lowest BCUT2D eigenvalue weighted by Crippen LogP contribution is -2.31. The first kappa shape index (κ1) is 17.5. The fourth-order valence-corrected chi connectivity index (χ4v) is 3.76. The molecule has 4 nitrogen and oxygen atoms in total. The Morgan fingerprint density at radius 3 is 2.92 bits per heavy atom. The van der Waals surface area contributed by atoms with Crippen molar-refractivity contribution in [2.75, 3.05) is 13.1 Å². The number of likely N-dealkylation sites (tertiary alicyclic amines) is 1. The van der Waals surface area contributed by atoms with Crippen molar-refractivity contribution < 1.29 is 5.11 Å². The number of H-pyrrole nitrogens is 1. The third kappa shape index (κ3) is 3.66. The molecule has 2 aromatic rings. The highest BCUT2D eigenvalue weighted by atomic mass is 35.5. The van der Waals surface area contributed by atoms with Crippen LogP contribution in [0.4, 0.5) is 0 Å². The summed E-state index contributed by atoms with van der Waals surface area (Å²) in [6.45, 7) is 6.40. The summed E-state index contributed by atoms with van der Waals surface area (Å²) in [6, 6.07) is 8.10. The Morgan fingerprint density at radius 2 is 2.17 bits per heavy atom. The third-order valence-corrected chi connectivity index (χ3v) is 5.21. The first-order valence-electron chi connectivity index (χ1n) is 8.76. The molecule has 1 atom stereocenters. The molecule has 0 spiro atoms. The molecular weight excluding hydrogens is 322 g/mol. The molecule has 5 heteroatoms. The van der Waals surface area contributed by atoms with Gasteiger partial charge in [0.1, 0.15) is 11.4 Å². The van der Waals surface area contributed by atoms with Crippen LogP contribution in [-0.4, -0.2) is 33.1 Å². The zero-order valence-electron chi connectivity index (χ0n) is 14.5. The highest BCUT2D eigenvalue weighted by Crippen LogP contribution is 2.34. The molecule has 24 heavy (non-hydrogen) atoms. The predicted octanol–water partition coefficient (Wildman–Crippen LogP) is 3.81. The Hall–Kier alpha value is -1.36. The second-order valence-corrected chi connectivity index (χ2v) is 7.22. The van der Waals surface area contributed by atoms with E-state index in [1.54, 1.807) is 0 Å². The van der Waals surface area contributed by atoms with Gasteiger partial charge in [-0.15, -0.1) is 0 Å². The maximum absolute atomic E-state index is 11.1. The zero-order valence-corrected chi connectivity index (χ0v) is 15.2. The summed E-state index contributed by atoms with van der Waals surface area (Å²) < 4.78 is 0. The number of hydrogen-bond donors (Lipinski definition) is 2. The number of nitrogens with zero attached hydrogens (tertiary/aromatic N) is 2. The molecule has 1 aliphatic heterocycles. The molecule has 1 fully saturated rings. The van der Waals surface area contributed by atoms with Gasteiger partial charge in [0.2, 0.25) is 0 Å². The highest BCUT2D eigenvalue weighted by Gasteiger charge is 2.38. The summed E-state index contributed by atoms with van der Waals surface area (Å²) >= 11 is 6.28. The van der Waals surface area contributed by atoms with E-state index in [1.807, 2.05) is 18.2 Å². The van der Waals surface area contributed by atoms with E-state index in [1.165, 1.54) is 0 Å². The fraction of sp³-hybridized carbons (Fsp3) is 0.526. The smallest absolute Gasteiger partial charge is 0.151 e. The van der Waals surface area contributed by atoms with Gasteiger partial charge in [-0.05, 0) is 30.9 Å². The average Bonchev–Trinajstić information content (AvgIpc) is 3.10. The minimum atomic E-state index is -0.775. The first-order chi connectivity index (χ1) is 11.5. The van der Waals surface area contributed by atoms with Crippen LogP contribution in [0.25, 0.3) is 0 Å². The molecule has 1 aliphatic rings. The number of imidazole rings is 1. The van der Waals surface area contributed by atoms with Gasteiger partial charge in [0.15, 0.2) is 5.15 Å². The Kier molecular flexibility index (Phi) is 5.28. The minimum absolute atomic E-state index is 0.562. The van der Waals surface area contributed by atoms with Gasteiger partial charge >= 0.3 is 0 Å². The number of rotatable bonds is 6. The minimum Gasteiger partial charge on any atom is -0.384 e. The predicted molar refractivity (Wildman–Crippen MR) is 97.2 cm³/mol. The molecule has 1 unspecified atom stereocenters. The van der Waals surface area contributed by atoms with Crippen LogP contribution in [0.5, 0.6) is 0 Å².